The predicted molar refractivity (Wildman–Crippen MR) is 115 cm³/mol. The van der Waals surface area contributed by atoms with E-state index in [9.17, 15) is 13.2 Å². The first-order valence-electron chi connectivity index (χ1n) is 8.84. The van der Waals surface area contributed by atoms with Gasteiger partial charge in [0.2, 0.25) is 15.9 Å². The van der Waals surface area contributed by atoms with Crippen LogP contribution in [0.4, 0.5) is 5.69 Å². The lowest BCUT2D eigenvalue weighted by Gasteiger charge is -2.22. The van der Waals surface area contributed by atoms with Gasteiger partial charge in [0, 0.05) is 11.0 Å². The van der Waals surface area contributed by atoms with Crippen molar-refractivity contribution in [2.75, 3.05) is 30.8 Å². The van der Waals surface area contributed by atoms with E-state index in [-0.39, 0.29) is 12.5 Å². The molecule has 2 rings (SSSR count). The van der Waals surface area contributed by atoms with Gasteiger partial charge in [-0.3, -0.25) is 9.10 Å². The van der Waals surface area contributed by atoms with Gasteiger partial charge < -0.3 is 10.1 Å². The first-order valence-corrected chi connectivity index (χ1v) is 11.5. The lowest BCUT2D eigenvalue weighted by molar-refractivity contribution is -0.119. The van der Waals surface area contributed by atoms with Crippen molar-refractivity contribution in [3.8, 4) is 5.75 Å². The quantitative estimate of drug-likeness (QED) is 0.572. The van der Waals surface area contributed by atoms with Crippen molar-refractivity contribution < 1.29 is 17.9 Å². The van der Waals surface area contributed by atoms with E-state index in [0.717, 1.165) is 44.8 Å². The molecule has 0 aromatic heterocycles. The molecular weight excluding hydrogens is 444 g/mol. The summed E-state index contributed by atoms with van der Waals surface area (Å²) in [5, 5.41) is 2.79. The monoisotopic (exact) mass is 468 g/mol. The number of carbonyl (C=O) groups excluding carboxylic acids is 1. The maximum absolute atomic E-state index is 12.3. The van der Waals surface area contributed by atoms with Crippen LogP contribution in [0.5, 0.6) is 5.75 Å². The highest BCUT2D eigenvalue weighted by molar-refractivity contribution is 9.10. The molecule has 0 aliphatic rings. The minimum absolute atomic E-state index is 0.251. The lowest BCUT2D eigenvalue weighted by atomic mass is 10.1. The highest BCUT2D eigenvalue weighted by atomic mass is 79.9. The molecule has 0 saturated heterocycles. The number of methoxy groups -OCH3 is 1. The number of hydrogen-bond acceptors (Lipinski definition) is 4. The standard InChI is InChI=1S/C20H25BrN2O4S/c1-15-12-17(9-10-19(15)21)23(28(3,25)26)14-20(24)22-11-5-7-16-6-4-8-18(13-16)27-2/h4,6,8-10,12-13H,5,7,11,14H2,1-3H3,(H,22,24). The minimum atomic E-state index is -3.58. The number of nitrogens with one attached hydrogen (secondary N) is 1. The molecule has 0 fully saturated rings. The zero-order valence-electron chi connectivity index (χ0n) is 16.2. The second-order valence-electron chi connectivity index (χ2n) is 6.51. The van der Waals surface area contributed by atoms with E-state index in [1.165, 1.54) is 0 Å². The van der Waals surface area contributed by atoms with Crippen molar-refractivity contribution in [2.45, 2.75) is 19.8 Å². The number of aryl methyl sites for hydroxylation is 2. The number of hydrogen-bond donors (Lipinski definition) is 1. The molecule has 0 atom stereocenters. The van der Waals surface area contributed by atoms with Gasteiger partial charge in [0.25, 0.3) is 0 Å². The summed E-state index contributed by atoms with van der Waals surface area (Å²) < 4.78 is 31.5. The number of carbonyl (C=O) groups is 1. The summed E-state index contributed by atoms with van der Waals surface area (Å²) in [6, 6.07) is 13.0. The number of benzene rings is 2. The largest absolute Gasteiger partial charge is 0.497 e. The fourth-order valence-corrected chi connectivity index (χ4v) is 3.81. The number of nitrogens with zero attached hydrogens (tertiary/aromatic N) is 1. The molecule has 0 radical (unpaired) electrons. The normalized spacial score (nSPS) is 11.1. The molecule has 2 aromatic rings. The van der Waals surface area contributed by atoms with Crippen molar-refractivity contribution in [2.24, 2.45) is 0 Å². The summed E-state index contributed by atoms with van der Waals surface area (Å²) in [5.74, 6) is 0.465. The molecule has 152 valence electrons. The zero-order valence-corrected chi connectivity index (χ0v) is 18.6. The summed E-state index contributed by atoms with van der Waals surface area (Å²) in [6.07, 6.45) is 2.63. The first kappa shape index (κ1) is 22.2. The Morgan fingerprint density at radius 1 is 1.21 bits per heavy atom. The average Bonchev–Trinajstić information content (AvgIpc) is 2.65. The number of rotatable bonds is 9. The third-order valence-electron chi connectivity index (χ3n) is 4.22. The van der Waals surface area contributed by atoms with Crippen molar-refractivity contribution in [1.29, 1.82) is 0 Å². The van der Waals surface area contributed by atoms with Gasteiger partial charge in [-0.05, 0) is 61.2 Å². The minimum Gasteiger partial charge on any atom is -0.497 e. The SMILES string of the molecule is COc1cccc(CCCNC(=O)CN(c2ccc(Br)c(C)c2)S(C)(=O)=O)c1. The Kier molecular flexibility index (Phi) is 7.88. The van der Waals surface area contributed by atoms with Crippen LogP contribution in [0, 0.1) is 6.92 Å². The number of sulfonamides is 1. The number of ether oxygens (including phenoxy) is 1. The molecular formula is C20H25BrN2O4S. The van der Waals surface area contributed by atoms with Crippen molar-refractivity contribution in [3.63, 3.8) is 0 Å². The van der Waals surface area contributed by atoms with Gasteiger partial charge in [-0.15, -0.1) is 0 Å². The van der Waals surface area contributed by atoms with Gasteiger partial charge in [0.15, 0.2) is 0 Å². The molecule has 0 saturated carbocycles. The Bertz CT molecular complexity index is 932. The maximum Gasteiger partial charge on any atom is 0.240 e. The van der Waals surface area contributed by atoms with E-state index >= 15 is 0 Å². The zero-order chi connectivity index (χ0) is 20.7. The van der Waals surface area contributed by atoms with E-state index in [1.807, 2.05) is 31.2 Å². The lowest BCUT2D eigenvalue weighted by Crippen LogP contribution is -2.40. The second-order valence-corrected chi connectivity index (χ2v) is 9.27. The Hall–Kier alpha value is -2.06. The topological polar surface area (TPSA) is 75.7 Å². The van der Waals surface area contributed by atoms with Gasteiger partial charge in [0.05, 0.1) is 19.1 Å². The molecule has 0 spiro atoms. The van der Waals surface area contributed by atoms with Crippen LogP contribution < -0.4 is 14.4 Å². The van der Waals surface area contributed by atoms with Crippen LogP contribution in [0.25, 0.3) is 0 Å². The van der Waals surface area contributed by atoms with Crippen molar-refractivity contribution in [3.05, 3.63) is 58.1 Å². The van der Waals surface area contributed by atoms with E-state index in [4.69, 9.17) is 4.74 Å². The molecule has 0 bridgehead atoms. The van der Waals surface area contributed by atoms with Gasteiger partial charge in [-0.2, -0.15) is 0 Å². The van der Waals surface area contributed by atoms with Gasteiger partial charge in [-0.1, -0.05) is 28.1 Å². The molecule has 2 aromatic carbocycles. The number of halogens is 1. The first-order chi connectivity index (χ1) is 13.2. The number of anilines is 1. The molecule has 28 heavy (non-hydrogen) atoms. The Labute approximate surface area is 175 Å². The van der Waals surface area contributed by atoms with E-state index in [0.29, 0.717) is 12.2 Å². The fourth-order valence-electron chi connectivity index (χ4n) is 2.72. The van der Waals surface area contributed by atoms with Gasteiger partial charge in [-0.25, -0.2) is 8.42 Å². The summed E-state index contributed by atoms with van der Waals surface area (Å²) in [5.41, 5.74) is 2.48. The van der Waals surface area contributed by atoms with Crippen LogP contribution in [0.1, 0.15) is 17.5 Å². The molecule has 8 heteroatoms. The smallest absolute Gasteiger partial charge is 0.240 e. The number of amides is 1. The van der Waals surface area contributed by atoms with Crippen LogP contribution in [0.2, 0.25) is 0 Å². The van der Waals surface area contributed by atoms with Gasteiger partial charge in [0.1, 0.15) is 12.3 Å². The van der Waals surface area contributed by atoms with Crippen LogP contribution in [0.3, 0.4) is 0 Å². The Morgan fingerprint density at radius 3 is 2.61 bits per heavy atom. The molecule has 0 unspecified atom stereocenters. The second kappa shape index (κ2) is 9.93. The third kappa shape index (κ3) is 6.53. The predicted octanol–water partition coefficient (Wildman–Crippen LogP) is 3.28. The van der Waals surface area contributed by atoms with E-state index in [1.54, 1.807) is 25.3 Å². The van der Waals surface area contributed by atoms with Gasteiger partial charge >= 0.3 is 0 Å². The highest BCUT2D eigenvalue weighted by Gasteiger charge is 2.21. The summed E-state index contributed by atoms with van der Waals surface area (Å²) in [7, 11) is -1.96. The summed E-state index contributed by atoms with van der Waals surface area (Å²) in [4.78, 5) is 12.3. The highest BCUT2D eigenvalue weighted by Crippen LogP contribution is 2.24. The van der Waals surface area contributed by atoms with Crippen LogP contribution in [-0.2, 0) is 21.2 Å². The average molecular weight is 469 g/mol. The van der Waals surface area contributed by atoms with E-state index < -0.39 is 10.0 Å². The van der Waals surface area contributed by atoms with Crippen molar-refractivity contribution in [1.82, 2.24) is 5.32 Å². The summed E-state index contributed by atoms with van der Waals surface area (Å²) >= 11 is 3.40. The Balaban J connectivity index is 1.92. The van der Waals surface area contributed by atoms with Crippen molar-refractivity contribution >= 4 is 37.5 Å². The summed E-state index contributed by atoms with van der Waals surface area (Å²) in [6.45, 7) is 2.08. The van der Waals surface area contributed by atoms with Crippen LogP contribution in [0.15, 0.2) is 46.9 Å². The third-order valence-corrected chi connectivity index (χ3v) is 6.25. The van der Waals surface area contributed by atoms with Crippen LogP contribution >= 0.6 is 15.9 Å². The van der Waals surface area contributed by atoms with Crippen LogP contribution in [-0.4, -0.2) is 40.8 Å². The molecule has 0 heterocycles. The Morgan fingerprint density at radius 2 is 1.96 bits per heavy atom. The molecule has 1 amide bonds. The molecule has 6 nitrogen and oxygen atoms in total. The van der Waals surface area contributed by atoms with E-state index in [2.05, 4.69) is 21.2 Å². The maximum atomic E-state index is 12.3. The molecule has 1 N–H and O–H groups in total. The molecule has 0 aliphatic heterocycles. The fraction of sp³-hybridized carbons (Fsp3) is 0.350. The molecule has 0 aliphatic carbocycles.